The van der Waals surface area contributed by atoms with Gasteiger partial charge in [0.05, 0.1) is 0 Å². The molecule has 5 nitrogen and oxygen atoms in total. The first-order valence-electron chi connectivity index (χ1n) is 7.47. The van der Waals surface area contributed by atoms with Gasteiger partial charge >= 0.3 is 12.0 Å². The van der Waals surface area contributed by atoms with Crippen LogP contribution in [-0.4, -0.2) is 23.7 Å². The molecule has 0 bridgehead atoms. The summed E-state index contributed by atoms with van der Waals surface area (Å²) in [4.78, 5) is 23.6. The lowest BCUT2D eigenvalue weighted by Gasteiger charge is -2.14. The largest absolute Gasteiger partial charge is 0.479 e. The van der Waals surface area contributed by atoms with Gasteiger partial charge < -0.3 is 15.7 Å². The number of hydrogen-bond acceptors (Lipinski definition) is 3. The molecule has 1 unspecified atom stereocenters. The summed E-state index contributed by atoms with van der Waals surface area (Å²) in [7, 11) is 0. The Bertz CT molecular complexity index is 455. The predicted octanol–water partition coefficient (Wildman–Crippen LogP) is 3.14. The van der Waals surface area contributed by atoms with Gasteiger partial charge in [-0.15, -0.1) is 11.3 Å². The molecule has 116 valence electrons. The molecule has 2 rings (SSSR count). The fourth-order valence-electron chi connectivity index (χ4n) is 2.78. The van der Waals surface area contributed by atoms with Crippen LogP contribution in [0.1, 0.15) is 49.4 Å². The Morgan fingerprint density at radius 2 is 2.14 bits per heavy atom. The van der Waals surface area contributed by atoms with Crippen molar-refractivity contribution in [1.82, 2.24) is 10.6 Å². The second-order valence-electron chi connectivity index (χ2n) is 5.48. The first kappa shape index (κ1) is 15.8. The summed E-state index contributed by atoms with van der Waals surface area (Å²) in [5, 5.41) is 16.2. The highest BCUT2D eigenvalue weighted by atomic mass is 32.1. The van der Waals surface area contributed by atoms with Crippen LogP contribution < -0.4 is 10.6 Å². The van der Waals surface area contributed by atoms with Crippen molar-refractivity contribution >= 4 is 23.3 Å². The highest BCUT2D eigenvalue weighted by Gasteiger charge is 2.22. The van der Waals surface area contributed by atoms with E-state index in [-0.39, 0.29) is 0 Å². The molecule has 1 aliphatic rings. The highest BCUT2D eigenvalue weighted by Crippen LogP contribution is 2.28. The lowest BCUT2D eigenvalue weighted by molar-refractivity contribution is -0.139. The number of amides is 2. The molecule has 1 aromatic heterocycles. The predicted molar refractivity (Wildman–Crippen MR) is 82.4 cm³/mol. The van der Waals surface area contributed by atoms with Gasteiger partial charge in [-0.2, -0.15) is 0 Å². The molecule has 6 heteroatoms. The van der Waals surface area contributed by atoms with Crippen LogP contribution in [0.2, 0.25) is 0 Å². The van der Waals surface area contributed by atoms with E-state index in [1.54, 1.807) is 17.5 Å². The van der Waals surface area contributed by atoms with Crippen LogP contribution in [0.4, 0.5) is 4.79 Å². The zero-order valence-corrected chi connectivity index (χ0v) is 12.8. The monoisotopic (exact) mass is 310 g/mol. The number of aliphatic carboxylic acids is 1. The number of carbonyl (C=O) groups is 2. The molecule has 1 heterocycles. The number of carboxylic acids is 1. The second-order valence-corrected chi connectivity index (χ2v) is 6.46. The molecule has 0 aliphatic heterocycles. The van der Waals surface area contributed by atoms with Crippen molar-refractivity contribution in [2.24, 2.45) is 5.92 Å². The molecule has 1 aliphatic carbocycles. The molecule has 21 heavy (non-hydrogen) atoms. The van der Waals surface area contributed by atoms with E-state index in [2.05, 4.69) is 10.6 Å². The minimum atomic E-state index is -1.04. The third kappa shape index (κ3) is 5.04. The fraction of sp³-hybridized carbons (Fsp3) is 0.600. The fourth-order valence-corrected chi connectivity index (χ4v) is 3.55. The second kappa shape index (κ2) is 8.02. The van der Waals surface area contributed by atoms with Crippen molar-refractivity contribution in [2.45, 2.75) is 44.6 Å². The maximum Gasteiger partial charge on any atom is 0.331 e. The van der Waals surface area contributed by atoms with Crippen LogP contribution >= 0.6 is 11.3 Å². The summed E-state index contributed by atoms with van der Waals surface area (Å²) in [5.74, 6) is -0.230. The van der Waals surface area contributed by atoms with Crippen LogP contribution in [0.15, 0.2) is 17.5 Å². The lowest BCUT2D eigenvalue weighted by Crippen LogP contribution is -2.41. The standard InChI is InChI=1S/C15H22N2O3S/c18-14(19)13(12-8-4-10-21-12)17-15(20)16-9-3-7-11-5-1-2-6-11/h4,8,10-11,13H,1-3,5-7,9H2,(H,18,19)(H2,16,17,20). The van der Waals surface area contributed by atoms with E-state index in [1.165, 1.54) is 37.0 Å². The summed E-state index contributed by atoms with van der Waals surface area (Å²) in [6.07, 6.45) is 7.39. The normalized spacial score (nSPS) is 16.6. The number of urea groups is 1. The van der Waals surface area contributed by atoms with Gasteiger partial charge in [0.2, 0.25) is 0 Å². The Morgan fingerprint density at radius 1 is 1.38 bits per heavy atom. The molecule has 0 aromatic carbocycles. The third-order valence-electron chi connectivity index (χ3n) is 3.90. The average molecular weight is 310 g/mol. The third-order valence-corrected chi connectivity index (χ3v) is 4.84. The summed E-state index contributed by atoms with van der Waals surface area (Å²) in [6.45, 7) is 0.596. The van der Waals surface area contributed by atoms with Crippen LogP contribution in [0.3, 0.4) is 0 Å². The summed E-state index contributed by atoms with van der Waals surface area (Å²) in [5.41, 5.74) is 0. The quantitative estimate of drug-likeness (QED) is 0.677. The average Bonchev–Trinajstić information content (AvgIpc) is 3.13. The first-order valence-corrected chi connectivity index (χ1v) is 8.35. The van der Waals surface area contributed by atoms with Crippen molar-refractivity contribution < 1.29 is 14.7 Å². The number of thiophene rings is 1. The van der Waals surface area contributed by atoms with Gasteiger partial charge in [0.1, 0.15) is 0 Å². The molecule has 1 aromatic rings. The summed E-state index contributed by atoms with van der Waals surface area (Å²) < 4.78 is 0. The highest BCUT2D eigenvalue weighted by molar-refractivity contribution is 7.10. The molecular weight excluding hydrogens is 288 g/mol. The topological polar surface area (TPSA) is 78.4 Å². The van der Waals surface area contributed by atoms with Crippen molar-refractivity contribution in [3.8, 4) is 0 Å². The zero-order valence-electron chi connectivity index (χ0n) is 12.0. The van der Waals surface area contributed by atoms with E-state index in [0.29, 0.717) is 11.4 Å². The summed E-state index contributed by atoms with van der Waals surface area (Å²) in [6, 6.07) is 2.10. The smallest absolute Gasteiger partial charge is 0.331 e. The van der Waals surface area contributed by atoms with Gasteiger partial charge in [-0.1, -0.05) is 31.7 Å². The molecule has 3 N–H and O–H groups in total. The first-order chi connectivity index (χ1) is 10.2. The molecular formula is C15H22N2O3S. The Hall–Kier alpha value is -1.56. The SMILES string of the molecule is O=C(NCCCC1CCCC1)NC(C(=O)O)c1cccs1. The zero-order chi connectivity index (χ0) is 15.1. The molecule has 1 fully saturated rings. The van der Waals surface area contributed by atoms with Crippen molar-refractivity contribution in [3.63, 3.8) is 0 Å². The van der Waals surface area contributed by atoms with E-state index >= 15 is 0 Å². The molecule has 1 saturated carbocycles. The maximum atomic E-state index is 11.8. The van der Waals surface area contributed by atoms with E-state index in [0.717, 1.165) is 18.8 Å². The minimum Gasteiger partial charge on any atom is -0.479 e. The van der Waals surface area contributed by atoms with E-state index in [1.807, 2.05) is 0 Å². The Kier molecular flexibility index (Phi) is 6.04. The number of rotatable bonds is 7. The Morgan fingerprint density at radius 3 is 2.76 bits per heavy atom. The molecule has 0 radical (unpaired) electrons. The Balaban J connectivity index is 1.68. The van der Waals surface area contributed by atoms with Gasteiger partial charge in [-0.25, -0.2) is 9.59 Å². The lowest BCUT2D eigenvalue weighted by atomic mass is 10.0. The van der Waals surface area contributed by atoms with Gasteiger partial charge in [0.15, 0.2) is 6.04 Å². The van der Waals surface area contributed by atoms with Crippen LogP contribution in [-0.2, 0) is 4.79 Å². The van der Waals surface area contributed by atoms with E-state index in [4.69, 9.17) is 0 Å². The molecule has 2 amide bonds. The molecule has 1 atom stereocenters. The number of carbonyl (C=O) groups excluding carboxylic acids is 1. The maximum absolute atomic E-state index is 11.8. The van der Waals surface area contributed by atoms with Gasteiger partial charge in [0, 0.05) is 11.4 Å². The van der Waals surface area contributed by atoms with Gasteiger partial charge in [-0.3, -0.25) is 0 Å². The van der Waals surface area contributed by atoms with Crippen LogP contribution in [0.5, 0.6) is 0 Å². The molecule has 0 spiro atoms. The summed E-state index contributed by atoms with van der Waals surface area (Å²) >= 11 is 1.32. The van der Waals surface area contributed by atoms with Gasteiger partial charge in [0.25, 0.3) is 0 Å². The number of hydrogen-bond donors (Lipinski definition) is 3. The van der Waals surface area contributed by atoms with Crippen LogP contribution in [0.25, 0.3) is 0 Å². The number of nitrogens with one attached hydrogen (secondary N) is 2. The van der Waals surface area contributed by atoms with E-state index < -0.39 is 18.0 Å². The van der Waals surface area contributed by atoms with Crippen molar-refractivity contribution in [1.29, 1.82) is 0 Å². The van der Waals surface area contributed by atoms with E-state index in [9.17, 15) is 14.7 Å². The van der Waals surface area contributed by atoms with Crippen LogP contribution in [0, 0.1) is 5.92 Å². The Labute approximate surface area is 128 Å². The van der Waals surface area contributed by atoms with Gasteiger partial charge in [-0.05, 0) is 30.2 Å². The minimum absolute atomic E-state index is 0.415. The van der Waals surface area contributed by atoms with Crippen molar-refractivity contribution in [2.75, 3.05) is 6.54 Å². The van der Waals surface area contributed by atoms with Crippen molar-refractivity contribution in [3.05, 3.63) is 22.4 Å². The molecule has 0 saturated heterocycles. The number of carboxylic acid groups (broad SMARTS) is 1.